The summed E-state index contributed by atoms with van der Waals surface area (Å²) in [6.45, 7) is 0. The van der Waals surface area contributed by atoms with Crippen LogP contribution in [-0.2, 0) is 0 Å². The molecule has 0 atom stereocenters. The highest BCUT2D eigenvalue weighted by Gasteiger charge is 2.25. The largest absolute Gasteiger partial charge is 0.490 e. The number of benzene rings is 12. The highest BCUT2D eigenvalue weighted by atomic mass is 79.9. The van der Waals surface area contributed by atoms with Crippen LogP contribution in [0.4, 0.5) is 0 Å². The topological polar surface area (TPSA) is 138 Å². The highest BCUT2D eigenvalue weighted by molar-refractivity contribution is 9.10. The highest BCUT2D eigenvalue weighted by Crippen LogP contribution is 2.42. The van der Waals surface area contributed by atoms with Crippen molar-refractivity contribution in [1.82, 2.24) is 48.2 Å². The number of para-hydroxylation sites is 6. The summed E-state index contributed by atoms with van der Waals surface area (Å²) in [5.74, 6) is 1.10. The summed E-state index contributed by atoms with van der Waals surface area (Å²) in [5, 5.41) is 26.9. The molecule has 0 radical (unpaired) electrons. The zero-order valence-corrected chi connectivity index (χ0v) is 57.4. The normalized spacial score (nSPS) is 11.4. The third-order valence-electron chi connectivity index (χ3n) is 19.1. The predicted molar refractivity (Wildman–Crippen MR) is 428 cm³/mol. The predicted octanol–water partition coefficient (Wildman–Crippen LogP) is 20.6. The molecule has 0 unspecified atom stereocenters. The fraction of sp³-hybridized carbons (Fsp3) is 0. The van der Waals surface area contributed by atoms with E-state index in [0.29, 0.717) is 22.9 Å². The molecule has 8 aromatic heterocycles. The van der Waals surface area contributed by atoms with E-state index < -0.39 is 7.12 Å². The van der Waals surface area contributed by atoms with E-state index in [-0.39, 0.29) is 0 Å². The second kappa shape index (κ2) is 27.0. The van der Waals surface area contributed by atoms with Gasteiger partial charge >= 0.3 is 7.12 Å². The molecule has 20 rings (SSSR count). The van der Waals surface area contributed by atoms with Gasteiger partial charge in [0, 0.05) is 93.8 Å². The van der Waals surface area contributed by atoms with Crippen LogP contribution in [0.5, 0.6) is 0 Å². The summed E-state index contributed by atoms with van der Waals surface area (Å²) in [4.78, 5) is 29.8. The number of aromatic nitrogens is 10. The Kier molecular flexibility index (Phi) is 16.4. The Morgan fingerprint density at radius 3 is 1.11 bits per heavy atom. The molecule has 20 aromatic rings. The number of fused-ring (bicyclic) bond motifs is 12. The van der Waals surface area contributed by atoms with Gasteiger partial charge in [-0.2, -0.15) is 0 Å². The molecule has 0 saturated carbocycles. The molecular formula is C90H60BBrN10O2. The molecule has 0 bridgehead atoms. The Bertz CT molecular complexity index is 6470. The van der Waals surface area contributed by atoms with Gasteiger partial charge < -0.3 is 19.2 Å². The molecule has 12 aromatic carbocycles. The van der Waals surface area contributed by atoms with Crippen LogP contribution < -0.4 is 5.46 Å². The SMILES string of the molecule is Brc1ccc2c3ncccc3n(-c3ccccc3)c2c1.OB(O)c1cccc2c3ccccc3n(-c3nc(-c4ccccc4)cc(-c4ccccc4)n3)c12.c1ccc(-c2cc(-c3ccccc3)nc(-n3c4ccccc4c4cccc(-c5ccc6c7ncccc7n(-c7ccccc7)c6c5)c43)n2)cc1. The molecule has 0 fully saturated rings. The monoisotopic (exact) mass is 1400 g/mol. The molecule has 12 nitrogen and oxygen atoms in total. The molecule has 104 heavy (non-hydrogen) atoms. The number of pyridine rings is 2. The minimum Gasteiger partial charge on any atom is -0.423 e. The number of hydrogen-bond donors (Lipinski definition) is 2. The standard InChI is InChI=1S/C45H29N5.C28H20BN3O2.C17H11BrN2/c1-4-14-30(15-5-1)38-29-39(31-16-6-2-7-17-31)48-45(47-38)50-40-23-11-10-20-35(40)36-22-12-21-34(44(36)50)32-25-26-37-42(28-32)49(33-18-8-3-9-19-33)41-24-13-27-46-43(37)41;33-29(34)23-16-9-15-22-21-14-7-8-17-26(21)32(27(22)23)28-30-24(19-10-3-1-4-11-19)18-25(31-28)20-12-5-2-6-13-20;18-12-8-9-14-16(11-12)20(13-5-2-1-3-6-13)15-7-4-10-19-17(14)15/h1-29H;1-18,33-34H;1-11H. The molecule has 0 spiro atoms. The van der Waals surface area contributed by atoms with E-state index in [1.54, 1.807) is 6.07 Å². The van der Waals surface area contributed by atoms with Crippen molar-refractivity contribution in [2.75, 3.05) is 0 Å². The van der Waals surface area contributed by atoms with E-state index >= 15 is 0 Å². The fourth-order valence-electron chi connectivity index (χ4n) is 14.5. The van der Waals surface area contributed by atoms with Crippen molar-refractivity contribution in [3.8, 4) is 79.4 Å². The molecule has 0 aliphatic carbocycles. The lowest BCUT2D eigenvalue weighted by molar-refractivity contribution is 0.426. The first-order chi connectivity index (χ1) is 51.4. The third kappa shape index (κ3) is 11.4. The lowest BCUT2D eigenvalue weighted by Crippen LogP contribution is -2.31. The average Bonchev–Trinajstić information content (AvgIpc) is 1.57. The number of nitrogens with zero attached hydrogens (tertiary/aromatic N) is 10. The van der Waals surface area contributed by atoms with Crippen LogP contribution in [0.2, 0.25) is 0 Å². The Balaban J connectivity index is 0.000000122. The van der Waals surface area contributed by atoms with E-state index in [1.165, 1.54) is 10.9 Å². The Hall–Kier alpha value is -13.2. The van der Waals surface area contributed by atoms with E-state index in [2.05, 4.69) is 235 Å². The van der Waals surface area contributed by atoms with Crippen LogP contribution in [0.3, 0.4) is 0 Å². The maximum absolute atomic E-state index is 10.2. The van der Waals surface area contributed by atoms with Crippen molar-refractivity contribution in [3.63, 3.8) is 0 Å². The quantitative estimate of drug-likeness (QED) is 0.129. The number of hydrogen-bond acceptors (Lipinski definition) is 8. The van der Waals surface area contributed by atoms with Gasteiger partial charge in [0.1, 0.15) is 0 Å². The molecular weight excluding hydrogens is 1340 g/mol. The first kappa shape index (κ1) is 63.0. The third-order valence-corrected chi connectivity index (χ3v) is 19.6. The first-order valence-electron chi connectivity index (χ1n) is 34.3. The van der Waals surface area contributed by atoms with Crippen LogP contribution in [0, 0.1) is 0 Å². The Labute approximate surface area is 606 Å². The molecule has 0 aliphatic rings. The maximum Gasteiger partial charge on any atom is 0.490 e. The molecule has 0 amide bonds. The van der Waals surface area contributed by atoms with Gasteiger partial charge in [-0.15, -0.1) is 0 Å². The molecule has 0 aliphatic heterocycles. The average molecular weight is 1400 g/mol. The van der Waals surface area contributed by atoms with Gasteiger partial charge in [0.05, 0.1) is 77.9 Å². The van der Waals surface area contributed by atoms with Gasteiger partial charge in [0.15, 0.2) is 0 Å². The first-order valence-corrected chi connectivity index (χ1v) is 35.1. The van der Waals surface area contributed by atoms with Crippen LogP contribution in [-0.4, -0.2) is 65.3 Å². The van der Waals surface area contributed by atoms with Crippen LogP contribution >= 0.6 is 15.9 Å². The second-order valence-corrected chi connectivity index (χ2v) is 26.3. The molecule has 492 valence electrons. The van der Waals surface area contributed by atoms with Gasteiger partial charge in [0.2, 0.25) is 11.9 Å². The minimum absolute atomic E-state index is 0.406. The van der Waals surface area contributed by atoms with Crippen molar-refractivity contribution in [2.24, 2.45) is 0 Å². The summed E-state index contributed by atoms with van der Waals surface area (Å²) in [6, 6.07) is 116. The molecule has 14 heteroatoms. The smallest absolute Gasteiger partial charge is 0.423 e. The van der Waals surface area contributed by atoms with E-state index in [1.807, 2.05) is 150 Å². The van der Waals surface area contributed by atoms with Gasteiger partial charge in [-0.3, -0.25) is 19.1 Å². The van der Waals surface area contributed by atoms with Crippen molar-refractivity contribution >= 4 is 116 Å². The number of halogens is 1. The van der Waals surface area contributed by atoms with E-state index in [0.717, 1.165) is 143 Å². The lowest BCUT2D eigenvalue weighted by Gasteiger charge is -2.14. The summed E-state index contributed by atoms with van der Waals surface area (Å²) in [6.07, 6.45) is 3.72. The zero-order chi connectivity index (χ0) is 69.6. The van der Waals surface area contributed by atoms with E-state index in [4.69, 9.17) is 24.9 Å². The van der Waals surface area contributed by atoms with Crippen LogP contribution in [0.15, 0.2) is 357 Å². The van der Waals surface area contributed by atoms with Gasteiger partial charge in [-0.1, -0.05) is 253 Å². The summed E-state index contributed by atoms with van der Waals surface area (Å²) in [5.41, 5.74) is 22.5. The van der Waals surface area contributed by atoms with Crippen molar-refractivity contribution in [2.45, 2.75) is 0 Å². The van der Waals surface area contributed by atoms with Gasteiger partial charge in [0.25, 0.3) is 0 Å². The lowest BCUT2D eigenvalue weighted by atomic mass is 9.79. The summed E-state index contributed by atoms with van der Waals surface area (Å²) in [7, 11) is -1.63. The Morgan fingerprint density at radius 1 is 0.269 bits per heavy atom. The van der Waals surface area contributed by atoms with Crippen LogP contribution in [0.1, 0.15) is 0 Å². The fourth-order valence-corrected chi connectivity index (χ4v) is 14.9. The van der Waals surface area contributed by atoms with Gasteiger partial charge in [-0.25, -0.2) is 19.9 Å². The van der Waals surface area contributed by atoms with Crippen molar-refractivity contribution in [3.05, 3.63) is 357 Å². The van der Waals surface area contributed by atoms with Crippen LogP contribution in [0.25, 0.3) is 167 Å². The minimum atomic E-state index is -1.63. The maximum atomic E-state index is 10.2. The summed E-state index contributed by atoms with van der Waals surface area (Å²) < 4.78 is 9.82. The summed E-state index contributed by atoms with van der Waals surface area (Å²) >= 11 is 3.56. The Morgan fingerprint density at radius 2 is 0.644 bits per heavy atom. The van der Waals surface area contributed by atoms with E-state index in [9.17, 15) is 10.0 Å². The van der Waals surface area contributed by atoms with Crippen molar-refractivity contribution < 1.29 is 10.0 Å². The molecule has 0 saturated heterocycles. The number of rotatable bonds is 10. The molecule has 2 N–H and O–H groups in total. The van der Waals surface area contributed by atoms with Gasteiger partial charge in [-0.05, 0) is 109 Å². The van der Waals surface area contributed by atoms with Crippen molar-refractivity contribution in [1.29, 1.82) is 0 Å². The zero-order valence-electron chi connectivity index (χ0n) is 55.8. The second-order valence-electron chi connectivity index (χ2n) is 25.3. The molecule has 8 heterocycles.